The number of carbonyl (C=O) groups is 1. The number of fused-ring (bicyclic) bond motifs is 3. The van der Waals surface area contributed by atoms with Gasteiger partial charge in [-0.2, -0.15) is 0 Å². The van der Waals surface area contributed by atoms with Gasteiger partial charge in [0.1, 0.15) is 0 Å². The van der Waals surface area contributed by atoms with Gasteiger partial charge in [0.05, 0.1) is 5.48 Å². The predicted octanol–water partition coefficient (Wildman–Crippen LogP) is 2.66. The van der Waals surface area contributed by atoms with Gasteiger partial charge in [0, 0.05) is 55.2 Å². The smallest absolute Gasteiger partial charge is 0.254 e. The molecule has 3 fully saturated rings. The second-order valence-electron chi connectivity index (χ2n) is 4.89. The van der Waals surface area contributed by atoms with Crippen molar-refractivity contribution in [3.8, 4) is 0 Å². The molecule has 0 radical (unpaired) electrons. The van der Waals surface area contributed by atoms with E-state index in [2.05, 4.69) is 0 Å². The van der Waals surface area contributed by atoms with E-state index in [0.29, 0.717) is 0 Å². The number of hydrogen-bond acceptors (Lipinski definition) is 2. The zero-order valence-corrected chi connectivity index (χ0v) is 11.0. The Morgan fingerprint density at radius 2 is 2.14 bits per heavy atom. The van der Waals surface area contributed by atoms with E-state index in [0.717, 1.165) is 0 Å². The van der Waals surface area contributed by atoms with Crippen LogP contribution in [0.2, 0.25) is 0 Å². The Morgan fingerprint density at radius 1 is 1.27 bits per heavy atom. The molecule has 0 saturated carbocycles. The van der Waals surface area contributed by atoms with Crippen LogP contribution in [-0.2, 0) is 6.37 Å². The summed E-state index contributed by atoms with van der Waals surface area (Å²) in [7, 11) is 0. The first-order valence-corrected chi connectivity index (χ1v) is 6.49. The van der Waals surface area contributed by atoms with Gasteiger partial charge in [-0.15, -0.1) is 0 Å². The second kappa shape index (κ2) is 4.82. The molecule has 1 aromatic rings. The zero-order chi connectivity index (χ0) is 34.4. The standard InChI is InChI=1S/C19H24N2O/c22-19-16-6-2-4-14-3-1-5-15(18(14)16)11-21(19)17-12-20-9-7-13(17)8-10-20/h2,4,6,13,15,17H,1,3,5,7-12H2/t15-,17-/m1/s1/i1D2,2D,3D2,4D,5D2,6D,7D2,8D2,9D2,10D2,12D2,13D,15D,17D. The van der Waals surface area contributed by atoms with E-state index >= 15 is 0 Å². The molecule has 116 valence electrons. The third-order valence-electron chi connectivity index (χ3n) is 3.66. The fourth-order valence-corrected chi connectivity index (χ4v) is 2.67. The summed E-state index contributed by atoms with van der Waals surface area (Å²) in [6.45, 7) is -13.5. The lowest BCUT2D eigenvalue weighted by Gasteiger charge is -2.51. The summed E-state index contributed by atoms with van der Waals surface area (Å²) in [5.74, 6) is -9.52. The average Bonchev–Trinajstić information content (AvgIpc) is 2.84. The van der Waals surface area contributed by atoms with E-state index in [4.69, 9.17) is 27.4 Å². The number of amides is 1. The van der Waals surface area contributed by atoms with Gasteiger partial charge in [0.25, 0.3) is 5.91 Å². The largest absolute Gasteiger partial charge is 0.333 e. The van der Waals surface area contributed by atoms with Gasteiger partial charge in [-0.05, 0) is 67.9 Å². The Kier molecular flexibility index (Phi) is 0.803. The molecule has 4 heterocycles. The molecule has 2 atom stereocenters. The van der Waals surface area contributed by atoms with Crippen molar-refractivity contribution in [1.82, 2.24) is 9.80 Å². The van der Waals surface area contributed by atoms with E-state index in [1.54, 1.807) is 0 Å². The van der Waals surface area contributed by atoms with Crippen molar-refractivity contribution < 1.29 is 35.0 Å². The van der Waals surface area contributed by atoms with Crippen LogP contribution < -0.4 is 0 Å². The van der Waals surface area contributed by atoms with Gasteiger partial charge < -0.3 is 9.80 Å². The highest BCUT2D eigenvalue weighted by molar-refractivity contribution is 5.97. The molecule has 4 aliphatic heterocycles. The van der Waals surface area contributed by atoms with Crippen molar-refractivity contribution >= 4 is 5.91 Å². The molecular formula is C19H24N2O. The molecule has 6 rings (SSSR count). The molecule has 1 amide bonds. The first kappa shape index (κ1) is 3.66. The molecule has 0 unspecified atom stereocenters. The number of rotatable bonds is 1. The topological polar surface area (TPSA) is 23.6 Å². The van der Waals surface area contributed by atoms with E-state index in [-0.39, 0.29) is 4.90 Å². The maximum absolute atomic E-state index is 14.2. The summed E-state index contributed by atoms with van der Waals surface area (Å²) < 4.78 is 188. The van der Waals surface area contributed by atoms with Gasteiger partial charge in [0.15, 0.2) is 0 Å². The van der Waals surface area contributed by atoms with Gasteiger partial charge in [0.2, 0.25) is 0 Å². The van der Waals surface area contributed by atoms with Crippen molar-refractivity contribution in [3.63, 3.8) is 0 Å². The second-order valence-corrected chi connectivity index (χ2v) is 4.89. The molecule has 3 saturated heterocycles. The lowest BCUT2D eigenvalue weighted by atomic mass is 9.75. The number of carbonyl (C=O) groups excluding carboxylic acids is 1. The molecular weight excluding hydrogens is 272 g/mol. The SMILES string of the molecule is [2H]c1c([2H])c2c3c(c1[2H])C([2H])([2H])C([2H])([2H])C([2H])([2H])[C@]3([2H])CN([C@]1([2H])C([2H])([2H])N3C([2H])([2H])C([2H])([2H])C1([2H])C([2H])([2H])C3([2H])[2H])C2=O. The number of benzene rings is 1. The molecule has 22 heavy (non-hydrogen) atoms. The van der Waals surface area contributed by atoms with Crippen molar-refractivity contribution in [2.24, 2.45) is 5.89 Å². The van der Waals surface area contributed by atoms with Crippen LogP contribution in [0.5, 0.6) is 0 Å². The minimum absolute atomic E-state index is 0.234. The van der Waals surface area contributed by atoms with E-state index in [9.17, 15) is 7.54 Å². The highest BCUT2D eigenvalue weighted by Crippen LogP contribution is 2.41. The molecule has 2 bridgehead atoms. The molecule has 0 spiro atoms. The average molecular weight is 319 g/mol. The van der Waals surface area contributed by atoms with Crippen LogP contribution in [0.25, 0.3) is 0 Å². The predicted molar refractivity (Wildman–Crippen MR) is 86.1 cm³/mol. The van der Waals surface area contributed by atoms with Crippen molar-refractivity contribution in [2.75, 3.05) is 26.0 Å². The summed E-state index contributed by atoms with van der Waals surface area (Å²) in [5, 5.41) is 0. The minimum atomic E-state index is -4.29. The summed E-state index contributed by atoms with van der Waals surface area (Å²) in [4.78, 5) is 13.4. The molecule has 0 aromatic heterocycles. The van der Waals surface area contributed by atoms with Gasteiger partial charge >= 0.3 is 0 Å². The zero-order valence-electron chi connectivity index (χ0n) is 33.0. The fraction of sp³-hybridized carbons (Fsp3) is 0.632. The monoisotopic (exact) mass is 318 g/mol. The van der Waals surface area contributed by atoms with Crippen LogP contribution in [-0.4, -0.2) is 47.8 Å². The van der Waals surface area contributed by atoms with Gasteiger partial charge in [-0.3, -0.25) is 4.79 Å². The quantitative estimate of drug-likeness (QED) is 0.795. The Bertz CT molecular complexity index is 1510. The Balaban J connectivity index is 1.97. The Hall–Kier alpha value is -1.35. The van der Waals surface area contributed by atoms with E-state index < -0.39 is 121 Å². The van der Waals surface area contributed by atoms with E-state index in [1.807, 2.05) is 0 Å². The van der Waals surface area contributed by atoms with Crippen LogP contribution >= 0.6 is 0 Å². The van der Waals surface area contributed by atoms with Crippen molar-refractivity contribution in [2.45, 2.75) is 43.8 Å². The van der Waals surface area contributed by atoms with Crippen LogP contribution in [0.3, 0.4) is 0 Å². The summed E-state index contributed by atoms with van der Waals surface area (Å²) >= 11 is 0. The van der Waals surface area contributed by atoms with Gasteiger partial charge in [-0.25, -0.2) is 0 Å². The lowest BCUT2D eigenvalue weighted by molar-refractivity contribution is 0.00258. The molecule has 0 N–H and O–H groups in total. The van der Waals surface area contributed by atoms with Crippen molar-refractivity contribution in [1.29, 1.82) is 0 Å². The first-order chi connectivity index (χ1) is 19.2. The number of nitrogens with zero attached hydrogens (tertiary/aromatic N) is 2. The number of piperidine rings is 3. The van der Waals surface area contributed by atoms with Crippen LogP contribution in [0, 0.1) is 5.89 Å². The first-order valence-electron chi connectivity index (χ1n) is 17.5. The van der Waals surface area contributed by atoms with Crippen LogP contribution in [0.1, 0.15) is 83.0 Å². The third-order valence-corrected chi connectivity index (χ3v) is 3.66. The lowest BCUT2D eigenvalue weighted by Crippen LogP contribution is -2.60. The molecule has 3 nitrogen and oxygen atoms in total. The molecule has 1 aromatic carbocycles. The Labute approximate surface area is 163 Å². The van der Waals surface area contributed by atoms with Crippen LogP contribution in [0.15, 0.2) is 18.1 Å². The molecule has 5 aliphatic rings. The highest BCUT2D eigenvalue weighted by atomic mass is 16.2. The van der Waals surface area contributed by atoms with E-state index in [1.165, 1.54) is 0 Å². The summed E-state index contributed by atoms with van der Waals surface area (Å²) in [6.07, 6.45) is -19.2. The van der Waals surface area contributed by atoms with Crippen molar-refractivity contribution in [3.05, 3.63) is 34.8 Å². The number of hydrogen-bond donors (Lipinski definition) is 0. The molecule has 1 aliphatic carbocycles. The third kappa shape index (κ3) is 1.81. The fourth-order valence-electron chi connectivity index (χ4n) is 2.67. The molecule has 3 heteroatoms. The highest BCUT2D eigenvalue weighted by Gasteiger charge is 2.43. The normalized spacial score (nSPS) is 79.4. The summed E-state index contributed by atoms with van der Waals surface area (Å²) in [5.41, 5.74) is -3.50. The van der Waals surface area contributed by atoms with Gasteiger partial charge in [-0.1, -0.05) is 12.1 Å². The maximum Gasteiger partial charge on any atom is 0.254 e. The minimum Gasteiger partial charge on any atom is -0.333 e. The maximum atomic E-state index is 14.2. The Morgan fingerprint density at radius 3 is 3.00 bits per heavy atom. The van der Waals surface area contributed by atoms with Crippen LogP contribution in [0.4, 0.5) is 0 Å². The summed E-state index contributed by atoms with van der Waals surface area (Å²) in [6, 6.07) is -7.79.